The second-order valence-corrected chi connectivity index (χ2v) is 26.4. The molecule has 21 rings (SSSR count). The predicted molar refractivity (Wildman–Crippen MR) is 323 cm³/mol. The van der Waals surface area contributed by atoms with Gasteiger partial charge < -0.3 is 178 Å². The summed E-state index contributed by atoms with van der Waals surface area (Å²) in [6, 6.07) is 0. The van der Waals surface area contributed by atoms with Crippen LogP contribution in [0.5, 0.6) is 0 Å². The molecule has 0 aromatic rings. The van der Waals surface area contributed by atoms with Crippen molar-refractivity contribution in [3.8, 4) is 0 Å². The van der Waals surface area contributed by atoms with Gasteiger partial charge in [0.25, 0.3) is 0 Å². The first-order chi connectivity index (χ1) is 47.9. The molecule has 100 heavy (non-hydrogen) atoms. The van der Waals surface area contributed by atoms with E-state index in [2.05, 4.69) is 6.92 Å². The van der Waals surface area contributed by atoms with Crippen molar-refractivity contribution in [3.05, 3.63) is 12.2 Å². The number of hydrogen-bond donors (Lipinski definition) is 21. The molecule has 14 bridgehead atoms. The molecule has 21 saturated heterocycles. The van der Waals surface area contributed by atoms with E-state index in [1.54, 1.807) is 6.08 Å². The van der Waals surface area contributed by atoms with Crippen LogP contribution in [-0.2, 0) is 80.6 Å². The third kappa shape index (κ3) is 19.9. The number of hydrogen-bond acceptors (Lipinski definition) is 37. The van der Waals surface area contributed by atoms with Crippen molar-refractivity contribution < 1.29 is 188 Å². The molecule has 0 amide bonds. The number of aliphatic hydroxyl groups excluding tert-OH is 20. The lowest BCUT2D eigenvalue weighted by atomic mass is 9.95. The van der Waals surface area contributed by atoms with E-state index in [0.29, 0.717) is 6.42 Å². The third-order valence-electron chi connectivity index (χ3n) is 19.3. The van der Waals surface area contributed by atoms with Crippen LogP contribution >= 0.6 is 0 Å². The van der Waals surface area contributed by atoms with Gasteiger partial charge in [0.1, 0.15) is 178 Å². The summed E-state index contributed by atoms with van der Waals surface area (Å²) >= 11 is 0. The Morgan fingerprint density at radius 1 is 0.320 bits per heavy atom. The quantitative estimate of drug-likeness (QED) is 0.0229. The van der Waals surface area contributed by atoms with E-state index in [9.17, 15) is 117 Å². The SMILES string of the molecule is CCCCCCCCCCCCC/C=C/CC(CC(=O)OC[C@H]1O[C@@H]2O[C@H]3[C@H](O)[C@@H](O)[C@@H](O[C@H]4[C@H](O)[C@@H](O)[C@@H](O[C@H]5[C@H](O)[C@@H](O)[C@@H](O[C@H]6[C@H](O)[C@@H](O)[C@@H](O[C@H]7[C@H](O)[C@@H](O)[C@@H](O[C@H]8[C@H](O)[C@@H](O)[C@@H](O[C@H]1[C@H](O)[C@H]2O)O[C@@H]8CO)O[C@@H]7CO)O[C@@H]6CO)O[C@@H]5CO)O[C@@H]4CO)O[C@@H]3CO)C(=O)O. The van der Waals surface area contributed by atoms with Gasteiger partial charge in [0.05, 0.1) is 52.0 Å². The Bertz CT molecular complexity index is 2430. The highest BCUT2D eigenvalue weighted by molar-refractivity contribution is 5.78. The van der Waals surface area contributed by atoms with Crippen LogP contribution in [0.15, 0.2) is 12.2 Å². The summed E-state index contributed by atoms with van der Waals surface area (Å²) in [6.45, 7) is -5.38. The van der Waals surface area contributed by atoms with E-state index >= 15 is 0 Å². The number of aliphatic hydroxyl groups is 20. The molecule has 21 N–H and O–H groups in total. The monoisotopic (exact) mass is 1460 g/mol. The van der Waals surface area contributed by atoms with Crippen LogP contribution in [0.1, 0.15) is 96.8 Å². The number of aliphatic carboxylic acids is 1. The van der Waals surface area contributed by atoms with Crippen molar-refractivity contribution in [3.63, 3.8) is 0 Å². The number of carbonyl (C=O) groups excluding carboxylic acids is 1. The first-order valence-corrected chi connectivity index (χ1v) is 34.2. The van der Waals surface area contributed by atoms with Crippen molar-refractivity contribution in [2.75, 3.05) is 46.2 Å². The highest BCUT2D eigenvalue weighted by Gasteiger charge is 2.60. The zero-order valence-corrected chi connectivity index (χ0v) is 55.1. The van der Waals surface area contributed by atoms with Crippen LogP contribution in [0.3, 0.4) is 0 Å². The highest BCUT2D eigenvalue weighted by atomic mass is 16.8. The van der Waals surface area contributed by atoms with Gasteiger partial charge in [-0.1, -0.05) is 83.3 Å². The van der Waals surface area contributed by atoms with Crippen molar-refractivity contribution in [2.24, 2.45) is 5.92 Å². The van der Waals surface area contributed by atoms with Gasteiger partial charge in [0.2, 0.25) is 0 Å². The molecule has 1 unspecified atom stereocenters. The maximum Gasteiger partial charge on any atom is 0.307 e. The molecular weight excluding hydrogens is 1350 g/mol. The van der Waals surface area contributed by atoms with Gasteiger partial charge in [-0.3, -0.25) is 9.59 Å². The number of esters is 1. The summed E-state index contributed by atoms with van der Waals surface area (Å²) in [7, 11) is 0. The maximum atomic E-state index is 13.6. The molecule has 0 saturated carbocycles. The lowest BCUT2D eigenvalue weighted by molar-refractivity contribution is -0.396. The van der Waals surface area contributed by atoms with Gasteiger partial charge >= 0.3 is 11.9 Å². The highest BCUT2D eigenvalue weighted by Crippen LogP contribution is 2.39. The molecule has 0 aliphatic carbocycles. The molecule has 0 aromatic heterocycles. The Labute approximate surface area is 574 Å². The van der Waals surface area contributed by atoms with Gasteiger partial charge in [0, 0.05) is 0 Å². The fourth-order valence-corrected chi connectivity index (χ4v) is 13.4. The fraction of sp³-hybridized carbons (Fsp3) is 0.935. The molecule has 38 nitrogen and oxygen atoms in total. The minimum atomic E-state index is -2.34. The first kappa shape index (κ1) is 83.0. The molecule has 580 valence electrons. The summed E-state index contributed by atoms with van der Waals surface area (Å²) in [6.07, 6.45) is -57.1. The molecule has 21 fully saturated rings. The largest absolute Gasteiger partial charge is 0.481 e. The second kappa shape index (κ2) is 39.3. The smallest absolute Gasteiger partial charge is 0.307 e. The topological polar surface area (TPSA) is 597 Å². The molecule has 0 spiro atoms. The van der Waals surface area contributed by atoms with E-state index in [0.717, 1.165) is 32.1 Å². The normalized spacial score (nSPS) is 45.7. The minimum absolute atomic E-state index is 0.0876. The van der Waals surface area contributed by atoms with Gasteiger partial charge in [-0.05, 0) is 19.3 Å². The Balaban J connectivity index is 1.03. The summed E-state index contributed by atoms with van der Waals surface area (Å²) in [5.74, 6) is -3.81. The summed E-state index contributed by atoms with van der Waals surface area (Å²) in [4.78, 5) is 26.0. The molecule has 0 aromatic carbocycles. The van der Waals surface area contributed by atoms with Crippen LogP contribution in [0, 0.1) is 5.92 Å². The lowest BCUT2D eigenvalue weighted by Gasteiger charge is -2.50. The minimum Gasteiger partial charge on any atom is -0.481 e. The zero-order valence-electron chi connectivity index (χ0n) is 55.1. The van der Waals surface area contributed by atoms with Crippen molar-refractivity contribution in [1.82, 2.24) is 0 Å². The summed E-state index contributed by atoms with van der Waals surface area (Å²) in [5.41, 5.74) is 0. The van der Waals surface area contributed by atoms with E-state index < -0.39 is 285 Å². The summed E-state index contributed by atoms with van der Waals surface area (Å²) in [5, 5.41) is 235. The van der Waals surface area contributed by atoms with Crippen molar-refractivity contribution >= 4 is 11.9 Å². The standard InChI is InChI=1S/C62H104O38/c1-2-3-4-5-6-7-8-9-10-11-12-13-14-15-16-25(55(84)85)17-33(69)86-24-32-54-40(76)47(83)62(93-32)99-53-31(23-68)91-60(45(81)38(53)74)97-51-29(21-66)89-58(43(79)36(51)72)95-49-27(19-64)87-56(41(77)34(49)70)94-48-26(18-63)88-57(42(78)35(48)71)96-50-28(20-65)90-59(44(80)37(50)73)98-52-30(22-67)92-61(100-54)46(82)39(52)75/h14-15,25-32,34-54,56-68,70-83H,2-13,16-24H2,1H3,(H,84,85)/b15-14+/t25?,26-,27-,28-,29-,30-,31-,32-,34-,35-,36-,37-,38-,39-,40-,41-,42-,43-,44-,45-,46-,47-,48-,49-,50-,51-,52-,53-,54-,56-,57-,58-,59-,60-,61-,62-/m1/s1. The number of carbonyl (C=O) groups is 2. The molecule has 21 aliphatic heterocycles. The van der Waals surface area contributed by atoms with E-state index in [4.69, 9.17) is 71.1 Å². The molecule has 36 atom stereocenters. The Morgan fingerprint density at radius 3 is 0.790 bits per heavy atom. The Kier molecular flexibility index (Phi) is 32.6. The number of ether oxygens (including phenoxy) is 15. The zero-order chi connectivity index (χ0) is 72.8. The van der Waals surface area contributed by atoms with E-state index in [1.807, 2.05) is 6.08 Å². The number of unbranched alkanes of at least 4 members (excludes halogenated alkanes) is 11. The van der Waals surface area contributed by atoms with Crippen LogP contribution in [0.25, 0.3) is 0 Å². The van der Waals surface area contributed by atoms with Crippen LogP contribution in [0.2, 0.25) is 0 Å². The first-order valence-electron chi connectivity index (χ1n) is 34.2. The summed E-state index contributed by atoms with van der Waals surface area (Å²) < 4.78 is 86.6. The lowest BCUT2D eigenvalue weighted by Crippen LogP contribution is -2.68. The molecule has 21 heterocycles. The number of rotatable bonds is 25. The Hall–Kier alpha value is -2.68. The molecule has 21 aliphatic rings. The molecular formula is C62H104O38. The second-order valence-electron chi connectivity index (χ2n) is 26.4. The van der Waals surface area contributed by atoms with Gasteiger partial charge in [-0.25, -0.2) is 0 Å². The number of allylic oxidation sites excluding steroid dienone is 2. The van der Waals surface area contributed by atoms with Crippen LogP contribution < -0.4 is 0 Å². The van der Waals surface area contributed by atoms with Gasteiger partial charge in [-0.2, -0.15) is 0 Å². The Morgan fingerprint density at radius 2 is 0.550 bits per heavy atom. The number of carboxylic acids is 1. The van der Waals surface area contributed by atoms with Crippen LogP contribution in [0.4, 0.5) is 0 Å². The van der Waals surface area contributed by atoms with E-state index in [-0.39, 0.29) is 6.42 Å². The van der Waals surface area contributed by atoms with Crippen molar-refractivity contribution in [1.29, 1.82) is 0 Å². The van der Waals surface area contributed by atoms with Gasteiger partial charge in [0.15, 0.2) is 44.0 Å². The molecule has 0 radical (unpaired) electrons. The third-order valence-corrected chi connectivity index (χ3v) is 19.3. The average molecular weight is 1460 g/mol. The van der Waals surface area contributed by atoms with Crippen LogP contribution in [-0.4, -0.2) is 380 Å². The fourth-order valence-electron chi connectivity index (χ4n) is 13.4. The predicted octanol–water partition coefficient (Wildman–Crippen LogP) is -8.94. The number of carboxylic acid groups (broad SMARTS) is 1. The van der Waals surface area contributed by atoms with E-state index in [1.165, 1.54) is 38.5 Å². The molecule has 38 heteroatoms. The van der Waals surface area contributed by atoms with Gasteiger partial charge in [-0.15, -0.1) is 0 Å². The van der Waals surface area contributed by atoms with Crippen molar-refractivity contribution in [2.45, 2.75) is 312 Å². The average Bonchev–Trinajstić information content (AvgIpc) is 0.779. The maximum absolute atomic E-state index is 13.6.